The molecule has 0 fully saturated rings. The topological polar surface area (TPSA) is 68.0 Å². The maximum absolute atomic E-state index is 10.5. The molecule has 0 aliphatic heterocycles. The molecule has 0 saturated heterocycles. The molecule has 0 spiro atoms. The smallest absolute Gasteiger partial charge is 0.303 e. The Bertz CT molecular complexity index is 590. The van der Waals surface area contributed by atoms with E-state index in [0.29, 0.717) is 13.0 Å². The quantitative estimate of drug-likeness (QED) is 0.895. The molecule has 0 aliphatic rings. The van der Waals surface area contributed by atoms with E-state index >= 15 is 0 Å². The van der Waals surface area contributed by atoms with Gasteiger partial charge in [0, 0.05) is 18.5 Å². The number of hydrogen-bond acceptors (Lipinski definition) is 3. The van der Waals surface area contributed by atoms with Crippen LogP contribution in [0.4, 0.5) is 0 Å². The molecule has 1 aromatic carbocycles. The molecule has 0 amide bonds. The molecule has 5 heteroatoms. The summed E-state index contributed by atoms with van der Waals surface area (Å²) >= 11 is 0. The van der Waals surface area contributed by atoms with Crippen LogP contribution in [0, 0.1) is 13.8 Å². The number of carbonyl (C=O) groups is 1. The molecule has 0 unspecified atom stereocenters. The predicted molar refractivity (Wildman–Crippen MR) is 71.8 cm³/mol. The van der Waals surface area contributed by atoms with E-state index in [1.54, 1.807) is 10.9 Å². The molecular weight excluding hydrogens is 242 g/mol. The van der Waals surface area contributed by atoms with Gasteiger partial charge in [0.1, 0.15) is 0 Å². The number of nitrogens with zero attached hydrogens (tertiary/aromatic N) is 3. The van der Waals surface area contributed by atoms with Gasteiger partial charge in [0.15, 0.2) is 0 Å². The zero-order valence-electron chi connectivity index (χ0n) is 11.1. The largest absolute Gasteiger partial charge is 0.481 e. The number of carboxylic acid groups (broad SMARTS) is 1. The number of aryl methyl sites for hydroxylation is 3. The second kappa shape index (κ2) is 5.65. The molecule has 2 rings (SSSR count). The highest BCUT2D eigenvalue weighted by molar-refractivity contribution is 5.66. The highest BCUT2D eigenvalue weighted by Gasteiger charge is 2.09. The van der Waals surface area contributed by atoms with E-state index in [2.05, 4.69) is 42.4 Å². The van der Waals surface area contributed by atoms with Crippen molar-refractivity contribution in [2.24, 2.45) is 0 Å². The molecule has 0 saturated carbocycles. The molecule has 0 bridgehead atoms. The molecular formula is C14H17N3O2. The molecule has 19 heavy (non-hydrogen) atoms. The van der Waals surface area contributed by atoms with Gasteiger partial charge in [-0.3, -0.25) is 4.79 Å². The Kier molecular flexibility index (Phi) is 3.94. The van der Waals surface area contributed by atoms with Crippen LogP contribution in [0.3, 0.4) is 0 Å². The standard InChI is InChI=1S/C14H17N3O2/c1-10-5-6-12(11(2)8-10)13-9-15-16-17(13)7-3-4-14(18)19/h5-6,8-9H,3-4,7H2,1-2H3,(H,18,19). The van der Waals surface area contributed by atoms with Gasteiger partial charge in [-0.25, -0.2) is 4.68 Å². The van der Waals surface area contributed by atoms with E-state index in [1.807, 2.05) is 0 Å². The summed E-state index contributed by atoms with van der Waals surface area (Å²) in [5.74, 6) is -0.784. The van der Waals surface area contributed by atoms with Crippen molar-refractivity contribution in [2.45, 2.75) is 33.2 Å². The van der Waals surface area contributed by atoms with Gasteiger partial charge in [0.2, 0.25) is 0 Å². The van der Waals surface area contributed by atoms with Gasteiger partial charge in [-0.05, 0) is 25.8 Å². The Hall–Kier alpha value is -2.17. The molecule has 100 valence electrons. The molecule has 1 aromatic heterocycles. The van der Waals surface area contributed by atoms with Crippen LogP contribution in [0.2, 0.25) is 0 Å². The van der Waals surface area contributed by atoms with Crippen molar-refractivity contribution < 1.29 is 9.90 Å². The van der Waals surface area contributed by atoms with Crippen molar-refractivity contribution in [3.8, 4) is 11.3 Å². The van der Waals surface area contributed by atoms with Crippen molar-refractivity contribution in [1.82, 2.24) is 15.0 Å². The molecule has 0 radical (unpaired) electrons. The molecule has 0 atom stereocenters. The van der Waals surface area contributed by atoms with Crippen molar-refractivity contribution in [1.29, 1.82) is 0 Å². The monoisotopic (exact) mass is 259 g/mol. The van der Waals surface area contributed by atoms with Gasteiger partial charge in [-0.15, -0.1) is 5.10 Å². The van der Waals surface area contributed by atoms with Crippen LogP contribution in [-0.4, -0.2) is 26.1 Å². The summed E-state index contributed by atoms with van der Waals surface area (Å²) < 4.78 is 1.76. The summed E-state index contributed by atoms with van der Waals surface area (Å²) in [6.07, 6.45) is 2.42. The number of rotatable bonds is 5. The number of aliphatic carboxylic acids is 1. The Labute approximate surface area is 111 Å². The summed E-state index contributed by atoms with van der Waals surface area (Å²) in [7, 11) is 0. The average molecular weight is 259 g/mol. The zero-order chi connectivity index (χ0) is 13.8. The predicted octanol–water partition coefficient (Wildman–Crippen LogP) is 2.43. The van der Waals surface area contributed by atoms with E-state index in [0.717, 1.165) is 11.3 Å². The maximum atomic E-state index is 10.5. The molecule has 5 nitrogen and oxygen atoms in total. The highest BCUT2D eigenvalue weighted by atomic mass is 16.4. The van der Waals surface area contributed by atoms with Gasteiger partial charge in [-0.2, -0.15) is 0 Å². The lowest BCUT2D eigenvalue weighted by atomic mass is 10.0. The van der Waals surface area contributed by atoms with E-state index in [1.165, 1.54) is 11.1 Å². The number of benzene rings is 1. The summed E-state index contributed by atoms with van der Waals surface area (Å²) in [5.41, 5.74) is 4.40. The third kappa shape index (κ3) is 3.19. The second-order valence-electron chi connectivity index (χ2n) is 4.66. The summed E-state index contributed by atoms with van der Waals surface area (Å²) in [6, 6.07) is 6.22. The Morgan fingerprint density at radius 3 is 2.84 bits per heavy atom. The summed E-state index contributed by atoms with van der Waals surface area (Å²) in [6.45, 7) is 4.67. The van der Waals surface area contributed by atoms with Crippen LogP contribution >= 0.6 is 0 Å². The first-order chi connectivity index (χ1) is 9.08. The zero-order valence-corrected chi connectivity index (χ0v) is 11.1. The summed E-state index contributed by atoms with van der Waals surface area (Å²) in [5, 5.41) is 16.6. The van der Waals surface area contributed by atoms with E-state index in [9.17, 15) is 4.79 Å². The van der Waals surface area contributed by atoms with Crippen LogP contribution in [-0.2, 0) is 11.3 Å². The lowest BCUT2D eigenvalue weighted by Crippen LogP contribution is -2.05. The maximum Gasteiger partial charge on any atom is 0.303 e. The molecule has 0 aliphatic carbocycles. The van der Waals surface area contributed by atoms with Gasteiger partial charge >= 0.3 is 5.97 Å². The minimum absolute atomic E-state index is 0.145. The first-order valence-corrected chi connectivity index (χ1v) is 6.26. The van der Waals surface area contributed by atoms with Gasteiger partial charge in [0.25, 0.3) is 0 Å². The second-order valence-corrected chi connectivity index (χ2v) is 4.66. The van der Waals surface area contributed by atoms with E-state index < -0.39 is 5.97 Å². The Balaban J connectivity index is 2.21. The SMILES string of the molecule is Cc1ccc(-c2cnnn2CCCC(=O)O)c(C)c1. The lowest BCUT2D eigenvalue weighted by Gasteiger charge is -2.09. The van der Waals surface area contributed by atoms with Crippen LogP contribution in [0.15, 0.2) is 24.4 Å². The minimum Gasteiger partial charge on any atom is -0.481 e. The van der Waals surface area contributed by atoms with Gasteiger partial charge < -0.3 is 5.11 Å². The third-order valence-electron chi connectivity index (χ3n) is 3.04. The van der Waals surface area contributed by atoms with Crippen molar-refractivity contribution >= 4 is 5.97 Å². The van der Waals surface area contributed by atoms with E-state index in [4.69, 9.17) is 5.11 Å². The molecule has 1 N–H and O–H groups in total. The normalized spacial score (nSPS) is 10.6. The Morgan fingerprint density at radius 1 is 1.37 bits per heavy atom. The summed E-state index contributed by atoms with van der Waals surface area (Å²) in [4.78, 5) is 10.5. The number of carboxylic acids is 1. The van der Waals surface area contributed by atoms with E-state index in [-0.39, 0.29) is 6.42 Å². The number of aromatic nitrogens is 3. The number of hydrogen-bond donors (Lipinski definition) is 1. The van der Waals surface area contributed by atoms with Crippen LogP contribution in [0.1, 0.15) is 24.0 Å². The fourth-order valence-electron chi connectivity index (χ4n) is 2.11. The van der Waals surface area contributed by atoms with Crippen molar-refractivity contribution in [3.63, 3.8) is 0 Å². The Morgan fingerprint density at radius 2 is 2.16 bits per heavy atom. The average Bonchev–Trinajstić information content (AvgIpc) is 2.77. The van der Waals surface area contributed by atoms with Crippen LogP contribution < -0.4 is 0 Å². The molecule has 2 aromatic rings. The fraction of sp³-hybridized carbons (Fsp3) is 0.357. The molecule has 1 heterocycles. The fourth-order valence-corrected chi connectivity index (χ4v) is 2.11. The van der Waals surface area contributed by atoms with Crippen molar-refractivity contribution in [3.05, 3.63) is 35.5 Å². The first kappa shape index (κ1) is 13.3. The van der Waals surface area contributed by atoms with Crippen LogP contribution in [0.5, 0.6) is 0 Å². The third-order valence-corrected chi connectivity index (χ3v) is 3.04. The van der Waals surface area contributed by atoms with Crippen molar-refractivity contribution in [2.75, 3.05) is 0 Å². The van der Waals surface area contributed by atoms with Gasteiger partial charge in [0.05, 0.1) is 11.9 Å². The highest BCUT2D eigenvalue weighted by Crippen LogP contribution is 2.23. The minimum atomic E-state index is -0.784. The lowest BCUT2D eigenvalue weighted by molar-refractivity contribution is -0.137. The van der Waals surface area contributed by atoms with Gasteiger partial charge in [-0.1, -0.05) is 29.0 Å². The first-order valence-electron chi connectivity index (χ1n) is 6.26. The van der Waals surface area contributed by atoms with Crippen LogP contribution in [0.25, 0.3) is 11.3 Å².